The molecule has 1 atom stereocenters. The molecule has 0 saturated heterocycles. The number of hydrogen-bond donors (Lipinski definition) is 1. The van der Waals surface area contributed by atoms with E-state index in [0.29, 0.717) is 5.92 Å². The maximum absolute atomic E-state index is 5.35. The Hall–Kier alpha value is -1.54. The number of hydroxylamine groups is 1. The third-order valence-electron chi connectivity index (χ3n) is 2.83. The highest BCUT2D eigenvalue weighted by molar-refractivity contribution is 5.68. The summed E-state index contributed by atoms with van der Waals surface area (Å²) in [5.41, 5.74) is 5.40. The highest BCUT2D eigenvalue weighted by atomic mass is 16.6. The van der Waals surface area contributed by atoms with Crippen LogP contribution in [0.1, 0.15) is 18.9 Å². The summed E-state index contributed by atoms with van der Waals surface area (Å²) in [6.07, 6.45) is 5.21. The van der Waals surface area contributed by atoms with Crippen molar-refractivity contribution in [1.82, 2.24) is 5.48 Å². The Balaban J connectivity index is 2.21. The number of nitrogens with one attached hydrogen (secondary N) is 1. The van der Waals surface area contributed by atoms with Crippen molar-refractivity contribution < 1.29 is 4.84 Å². The fourth-order valence-corrected chi connectivity index (χ4v) is 1.96. The van der Waals surface area contributed by atoms with Gasteiger partial charge in [0.15, 0.2) is 0 Å². The first kappa shape index (κ1) is 11.0. The largest absolute Gasteiger partial charge is 0.413 e. The molecule has 0 fully saturated rings. The Bertz CT molecular complexity index is 406. The van der Waals surface area contributed by atoms with Crippen LogP contribution in [0.2, 0.25) is 0 Å². The molecule has 1 aliphatic carbocycles. The molecule has 1 unspecified atom stereocenters. The van der Waals surface area contributed by atoms with Gasteiger partial charge in [-0.3, -0.25) is 0 Å². The standard InChI is InChI=1S/C14H17NO/c1-11-10-13(8-9-14(11)16-15-2)12-6-4-3-5-7-12/h3-9,11,15H,10H2,1-2H3. The van der Waals surface area contributed by atoms with E-state index < -0.39 is 0 Å². The summed E-state index contributed by atoms with van der Waals surface area (Å²) >= 11 is 0. The number of benzene rings is 1. The van der Waals surface area contributed by atoms with Gasteiger partial charge in [-0.1, -0.05) is 43.3 Å². The number of allylic oxidation sites excluding steroid dienone is 4. The molecule has 2 heteroatoms. The van der Waals surface area contributed by atoms with Gasteiger partial charge in [0, 0.05) is 13.0 Å². The van der Waals surface area contributed by atoms with Crippen molar-refractivity contribution in [2.75, 3.05) is 7.05 Å². The number of rotatable bonds is 3. The smallest absolute Gasteiger partial charge is 0.127 e. The Morgan fingerprint density at radius 1 is 1.19 bits per heavy atom. The molecule has 0 bridgehead atoms. The van der Waals surface area contributed by atoms with Crippen molar-refractivity contribution in [3.8, 4) is 0 Å². The van der Waals surface area contributed by atoms with Crippen LogP contribution in [0, 0.1) is 5.92 Å². The van der Waals surface area contributed by atoms with Crippen LogP contribution in [0.4, 0.5) is 0 Å². The molecular weight excluding hydrogens is 198 g/mol. The Morgan fingerprint density at radius 3 is 2.56 bits per heavy atom. The molecule has 84 valence electrons. The Labute approximate surface area is 96.6 Å². The van der Waals surface area contributed by atoms with Gasteiger partial charge < -0.3 is 4.84 Å². The zero-order chi connectivity index (χ0) is 11.4. The predicted molar refractivity (Wildman–Crippen MR) is 66.4 cm³/mol. The second-order valence-electron chi connectivity index (χ2n) is 4.04. The zero-order valence-corrected chi connectivity index (χ0v) is 9.73. The van der Waals surface area contributed by atoms with Gasteiger partial charge in [-0.25, -0.2) is 0 Å². The Morgan fingerprint density at radius 2 is 1.94 bits per heavy atom. The zero-order valence-electron chi connectivity index (χ0n) is 9.73. The molecule has 0 aliphatic heterocycles. The van der Waals surface area contributed by atoms with E-state index in [-0.39, 0.29) is 0 Å². The van der Waals surface area contributed by atoms with Crippen LogP contribution in [0.15, 0.2) is 48.2 Å². The van der Waals surface area contributed by atoms with Crippen LogP contribution in [0.3, 0.4) is 0 Å². The average Bonchev–Trinajstić information content (AvgIpc) is 2.33. The van der Waals surface area contributed by atoms with Gasteiger partial charge in [-0.05, 0) is 23.6 Å². The minimum atomic E-state index is 0.424. The molecule has 0 spiro atoms. The van der Waals surface area contributed by atoms with Gasteiger partial charge in [0.2, 0.25) is 0 Å². The lowest BCUT2D eigenvalue weighted by Crippen LogP contribution is -2.14. The van der Waals surface area contributed by atoms with E-state index in [9.17, 15) is 0 Å². The van der Waals surface area contributed by atoms with E-state index in [0.717, 1.165) is 12.2 Å². The minimum absolute atomic E-state index is 0.424. The third-order valence-corrected chi connectivity index (χ3v) is 2.83. The number of hydrogen-bond acceptors (Lipinski definition) is 2. The molecule has 2 nitrogen and oxygen atoms in total. The van der Waals surface area contributed by atoms with Gasteiger partial charge in [-0.15, -0.1) is 0 Å². The third kappa shape index (κ3) is 2.34. The maximum atomic E-state index is 5.35. The van der Waals surface area contributed by atoms with Crippen LogP contribution >= 0.6 is 0 Å². The summed E-state index contributed by atoms with van der Waals surface area (Å²) in [5, 5.41) is 0. The first-order chi connectivity index (χ1) is 7.81. The van der Waals surface area contributed by atoms with Crippen LogP contribution < -0.4 is 5.48 Å². The van der Waals surface area contributed by atoms with Crippen molar-refractivity contribution in [2.45, 2.75) is 13.3 Å². The fourth-order valence-electron chi connectivity index (χ4n) is 1.96. The van der Waals surface area contributed by atoms with Crippen LogP contribution in [0.5, 0.6) is 0 Å². The second-order valence-corrected chi connectivity index (χ2v) is 4.04. The van der Waals surface area contributed by atoms with Crippen LogP contribution in [-0.4, -0.2) is 7.05 Å². The summed E-state index contributed by atoms with van der Waals surface area (Å²) in [6, 6.07) is 10.5. The van der Waals surface area contributed by atoms with E-state index >= 15 is 0 Å². The van der Waals surface area contributed by atoms with Crippen molar-refractivity contribution in [2.24, 2.45) is 5.92 Å². The lowest BCUT2D eigenvalue weighted by molar-refractivity contribution is 0.103. The van der Waals surface area contributed by atoms with Gasteiger partial charge in [-0.2, -0.15) is 5.48 Å². The highest BCUT2D eigenvalue weighted by Gasteiger charge is 2.17. The first-order valence-electron chi connectivity index (χ1n) is 5.61. The first-order valence-corrected chi connectivity index (χ1v) is 5.61. The van der Waals surface area contributed by atoms with E-state index in [1.165, 1.54) is 11.1 Å². The molecule has 16 heavy (non-hydrogen) atoms. The van der Waals surface area contributed by atoms with Crippen molar-refractivity contribution in [3.05, 3.63) is 53.8 Å². The molecule has 0 aromatic heterocycles. The van der Waals surface area contributed by atoms with E-state index in [2.05, 4.69) is 42.7 Å². The predicted octanol–water partition coefficient (Wildman–Crippen LogP) is 3.14. The van der Waals surface area contributed by atoms with E-state index in [1.807, 2.05) is 12.1 Å². The quantitative estimate of drug-likeness (QED) is 0.782. The molecule has 0 heterocycles. The van der Waals surface area contributed by atoms with E-state index in [4.69, 9.17) is 4.84 Å². The van der Waals surface area contributed by atoms with Crippen molar-refractivity contribution >= 4 is 5.57 Å². The molecule has 1 N–H and O–H groups in total. The Kier molecular flexibility index (Phi) is 3.42. The molecule has 2 rings (SSSR count). The monoisotopic (exact) mass is 215 g/mol. The molecule has 0 saturated carbocycles. The molecule has 1 aliphatic rings. The summed E-state index contributed by atoms with van der Waals surface area (Å²) < 4.78 is 0. The van der Waals surface area contributed by atoms with Crippen LogP contribution in [0.25, 0.3) is 5.57 Å². The van der Waals surface area contributed by atoms with Gasteiger partial charge in [0.1, 0.15) is 5.76 Å². The van der Waals surface area contributed by atoms with Gasteiger partial charge >= 0.3 is 0 Å². The normalized spacial score (nSPS) is 20.0. The average molecular weight is 215 g/mol. The fraction of sp³-hybridized carbons (Fsp3) is 0.286. The summed E-state index contributed by atoms with van der Waals surface area (Å²) in [6.45, 7) is 2.18. The van der Waals surface area contributed by atoms with Crippen LogP contribution in [-0.2, 0) is 4.84 Å². The molecule has 0 amide bonds. The summed E-state index contributed by atoms with van der Waals surface area (Å²) in [4.78, 5) is 5.35. The maximum Gasteiger partial charge on any atom is 0.127 e. The second kappa shape index (κ2) is 4.99. The minimum Gasteiger partial charge on any atom is -0.413 e. The molecule has 1 aromatic rings. The van der Waals surface area contributed by atoms with Gasteiger partial charge in [0.05, 0.1) is 0 Å². The molecular formula is C14H17NO. The van der Waals surface area contributed by atoms with Crippen molar-refractivity contribution in [3.63, 3.8) is 0 Å². The van der Waals surface area contributed by atoms with Gasteiger partial charge in [0.25, 0.3) is 0 Å². The van der Waals surface area contributed by atoms with E-state index in [1.54, 1.807) is 7.05 Å². The SMILES string of the molecule is CNOC1=CC=C(c2ccccc2)CC1C. The lowest BCUT2D eigenvalue weighted by atomic mass is 9.90. The van der Waals surface area contributed by atoms with Crippen molar-refractivity contribution in [1.29, 1.82) is 0 Å². The highest BCUT2D eigenvalue weighted by Crippen LogP contribution is 2.30. The molecule has 1 aromatic carbocycles. The molecule has 0 radical (unpaired) electrons. The topological polar surface area (TPSA) is 21.3 Å². The summed E-state index contributed by atoms with van der Waals surface area (Å²) in [5.74, 6) is 1.43. The summed E-state index contributed by atoms with van der Waals surface area (Å²) in [7, 11) is 1.78. The lowest BCUT2D eigenvalue weighted by Gasteiger charge is -2.21.